The molecule has 0 unspecified atom stereocenters. The van der Waals surface area contributed by atoms with Gasteiger partial charge in [0.2, 0.25) is 0 Å². The molecule has 0 aromatic heterocycles. The topological polar surface area (TPSA) is 68.3 Å². The average Bonchev–Trinajstić information content (AvgIpc) is 2.77. The molecule has 0 bridgehead atoms. The van der Waals surface area contributed by atoms with E-state index in [4.69, 9.17) is 25.8 Å². The number of piperazine rings is 1. The highest BCUT2D eigenvalue weighted by atomic mass is 35.5. The average molecular weight is 419 g/mol. The monoisotopic (exact) mass is 418 g/mol. The first-order valence-electron chi connectivity index (χ1n) is 9.12. The van der Waals surface area contributed by atoms with Gasteiger partial charge in [0.25, 0.3) is 11.8 Å². The van der Waals surface area contributed by atoms with Crippen molar-refractivity contribution in [1.82, 2.24) is 9.80 Å². The summed E-state index contributed by atoms with van der Waals surface area (Å²) in [4.78, 5) is 29.1. The van der Waals surface area contributed by atoms with Crippen molar-refractivity contribution in [3.63, 3.8) is 0 Å². The summed E-state index contributed by atoms with van der Waals surface area (Å²) >= 11 is 5.97. The van der Waals surface area contributed by atoms with Gasteiger partial charge in [-0.05, 0) is 36.4 Å². The van der Waals surface area contributed by atoms with Crippen LogP contribution in [0.25, 0.3) is 0 Å². The van der Waals surface area contributed by atoms with Crippen LogP contribution in [0.15, 0.2) is 36.4 Å². The lowest BCUT2D eigenvalue weighted by atomic mass is 10.1. The Bertz CT molecular complexity index is 910. The zero-order valence-electron chi connectivity index (χ0n) is 16.6. The Morgan fingerprint density at radius 1 is 0.759 bits per heavy atom. The van der Waals surface area contributed by atoms with E-state index in [1.807, 2.05) is 0 Å². The Balaban J connectivity index is 1.67. The van der Waals surface area contributed by atoms with Crippen molar-refractivity contribution in [2.24, 2.45) is 0 Å². The van der Waals surface area contributed by atoms with Crippen LogP contribution in [0.3, 0.4) is 0 Å². The first kappa shape index (κ1) is 20.8. The van der Waals surface area contributed by atoms with E-state index in [1.165, 1.54) is 14.2 Å². The number of methoxy groups -OCH3 is 3. The summed E-state index contributed by atoms with van der Waals surface area (Å²) in [5.74, 6) is 1.25. The van der Waals surface area contributed by atoms with E-state index in [9.17, 15) is 9.59 Å². The summed E-state index contributed by atoms with van der Waals surface area (Å²) in [7, 11) is 4.58. The third-order valence-corrected chi connectivity index (χ3v) is 5.11. The van der Waals surface area contributed by atoms with E-state index in [0.717, 1.165) is 0 Å². The minimum atomic E-state index is -0.142. The first-order valence-corrected chi connectivity index (χ1v) is 9.50. The number of carbonyl (C=O) groups is 2. The van der Waals surface area contributed by atoms with Crippen molar-refractivity contribution in [2.75, 3.05) is 47.5 Å². The lowest BCUT2D eigenvalue weighted by Crippen LogP contribution is -2.50. The molecule has 0 atom stereocenters. The molecule has 2 aromatic carbocycles. The van der Waals surface area contributed by atoms with Gasteiger partial charge in [-0.25, -0.2) is 0 Å². The van der Waals surface area contributed by atoms with Crippen LogP contribution >= 0.6 is 11.6 Å². The number of carbonyl (C=O) groups excluding carboxylic acids is 2. The van der Waals surface area contributed by atoms with Crippen molar-refractivity contribution in [3.05, 3.63) is 52.5 Å². The van der Waals surface area contributed by atoms with Crippen LogP contribution in [0.2, 0.25) is 5.02 Å². The van der Waals surface area contributed by atoms with E-state index in [2.05, 4.69) is 0 Å². The minimum Gasteiger partial charge on any atom is -0.496 e. The third-order valence-electron chi connectivity index (χ3n) is 4.88. The molecule has 0 saturated carbocycles. The Morgan fingerprint density at radius 2 is 1.34 bits per heavy atom. The number of benzene rings is 2. The van der Waals surface area contributed by atoms with E-state index in [-0.39, 0.29) is 11.8 Å². The van der Waals surface area contributed by atoms with Crippen molar-refractivity contribution in [3.8, 4) is 17.2 Å². The van der Waals surface area contributed by atoms with Gasteiger partial charge in [-0.2, -0.15) is 0 Å². The third kappa shape index (κ3) is 4.40. The van der Waals surface area contributed by atoms with Gasteiger partial charge >= 0.3 is 0 Å². The molecule has 1 saturated heterocycles. The number of halogens is 1. The lowest BCUT2D eigenvalue weighted by molar-refractivity contribution is 0.0533. The van der Waals surface area contributed by atoms with Gasteiger partial charge in [0.1, 0.15) is 5.75 Å². The fraction of sp³-hybridized carbons (Fsp3) is 0.333. The molecule has 1 aliphatic rings. The second-order valence-corrected chi connectivity index (χ2v) is 6.94. The minimum absolute atomic E-state index is 0.109. The molecule has 0 radical (unpaired) electrons. The second-order valence-electron chi connectivity index (χ2n) is 6.50. The largest absolute Gasteiger partial charge is 0.496 e. The summed E-state index contributed by atoms with van der Waals surface area (Å²) in [5, 5.41) is 0.503. The number of hydrogen-bond acceptors (Lipinski definition) is 5. The van der Waals surface area contributed by atoms with E-state index in [0.29, 0.717) is 59.6 Å². The lowest BCUT2D eigenvalue weighted by Gasteiger charge is -2.35. The van der Waals surface area contributed by atoms with Gasteiger partial charge in [-0.1, -0.05) is 11.6 Å². The molecule has 2 amide bonds. The van der Waals surface area contributed by atoms with Gasteiger partial charge in [-0.3, -0.25) is 9.59 Å². The smallest absolute Gasteiger partial charge is 0.257 e. The Hall–Kier alpha value is -2.93. The number of amides is 2. The predicted octanol–water partition coefficient (Wildman–Crippen LogP) is 2.96. The van der Waals surface area contributed by atoms with Gasteiger partial charge in [-0.15, -0.1) is 0 Å². The van der Waals surface area contributed by atoms with E-state index in [1.54, 1.807) is 53.3 Å². The summed E-state index contributed by atoms with van der Waals surface area (Å²) in [6.45, 7) is 1.75. The fourth-order valence-corrected chi connectivity index (χ4v) is 3.44. The van der Waals surface area contributed by atoms with Gasteiger partial charge in [0.15, 0.2) is 11.5 Å². The molecule has 1 heterocycles. The SMILES string of the molecule is COc1ccc(C(=O)N2CCN(C(=O)c3ccc(Cl)cc3OC)CC2)cc1OC. The normalized spacial score (nSPS) is 13.8. The van der Waals surface area contributed by atoms with Crippen LogP contribution in [0.5, 0.6) is 17.2 Å². The van der Waals surface area contributed by atoms with Crippen LogP contribution in [0.1, 0.15) is 20.7 Å². The van der Waals surface area contributed by atoms with Crippen LogP contribution in [0.4, 0.5) is 0 Å². The Labute approximate surface area is 174 Å². The number of hydrogen-bond donors (Lipinski definition) is 0. The molecule has 154 valence electrons. The molecular weight excluding hydrogens is 396 g/mol. The molecule has 1 fully saturated rings. The summed E-state index contributed by atoms with van der Waals surface area (Å²) in [6.07, 6.45) is 0. The quantitative estimate of drug-likeness (QED) is 0.746. The first-order chi connectivity index (χ1) is 14.0. The van der Waals surface area contributed by atoms with Crippen LogP contribution in [-0.2, 0) is 0 Å². The van der Waals surface area contributed by atoms with Gasteiger partial charge in [0.05, 0.1) is 26.9 Å². The molecule has 2 aromatic rings. The summed E-state index contributed by atoms with van der Waals surface area (Å²) in [6, 6.07) is 10.0. The molecule has 3 rings (SSSR count). The molecule has 29 heavy (non-hydrogen) atoms. The molecule has 0 aliphatic carbocycles. The standard InChI is InChI=1S/C21H23ClN2O5/c1-27-17-7-4-14(12-19(17)29-3)20(25)23-8-10-24(11-9-23)21(26)16-6-5-15(22)13-18(16)28-2/h4-7,12-13H,8-11H2,1-3H3. The summed E-state index contributed by atoms with van der Waals surface area (Å²) < 4.78 is 15.8. The summed E-state index contributed by atoms with van der Waals surface area (Å²) in [5.41, 5.74) is 0.971. The predicted molar refractivity (Wildman–Crippen MR) is 109 cm³/mol. The maximum atomic E-state index is 12.9. The van der Waals surface area contributed by atoms with Gasteiger partial charge in [0, 0.05) is 36.8 Å². The van der Waals surface area contributed by atoms with Crippen LogP contribution in [-0.4, -0.2) is 69.1 Å². The highest BCUT2D eigenvalue weighted by Gasteiger charge is 2.27. The molecular formula is C21H23ClN2O5. The number of ether oxygens (including phenoxy) is 3. The Morgan fingerprint density at radius 3 is 1.93 bits per heavy atom. The van der Waals surface area contributed by atoms with E-state index < -0.39 is 0 Å². The number of rotatable bonds is 5. The Kier molecular flexibility index (Phi) is 6.49. The van der Waals surface area contributed by atoms with Gasteiger partial charge < -0.3 is 24.0 Å². The van der Waals surface area contributed by atoms with Crippen molar-refractivity contribution in [1.29, 1.82) is 0 Å². The van der Waals surface area contributed by atoms with Crippen LogP contribution < -0.4 is 14.2 Å². The molecule has 1 aliphatic heterocycles. The zero-order chi connectivity index (χ0) is 21.0. The van der Waals surface area contributed by atoms with Crippen LogP contribution in [0, 0.1) is 0 Å². The highest BCUT2D eigenvalue weighted by Crippen LogP contribution is 2.28. The molecule has 0 spiro atoms. The van der Waals surface area contributed by atoms with Crippen molar-refractivity contribution < 1.29 is 23.8 Å². The molecule has 7 nitrogen and oxygen atoms in total. The maximum Gasteiger partial charge on any atom is 0.257 e. The van der Waals surface area contributed by atoms with E-state index >= 15 is 0 Å². The highest BCUT2D eigenvalue weighted by molar-refractivity contribution is 6.30. The molecule has 8 heteroatoms. The number of nitrogens with zero attached hydrogens (tertiary/aromatic N) is 2. The molecule has 0 N–H and O–H groups in total. The zero-order valence-corrected chi connectivity index (χ0v) is 17.4. The van der Waals surface area contributed by atoms with Crippen molar-refractivity contribution in [2.45, 2.75) is 0 Å². The van der Waals surface area contributed by atoms with Crippen molar-refractivity contribution >= 4 is 23.4 Å². The maximum absolute atomic E-state index is 12.9. The second kappa shape index (κ2) is 9.05. The fourth-order valence-electron chi connectivity index (χ4n) is 3.28.